The molecule has 158 valence electrons. The van der Waals surface area contributed by atoms with E-state index in [4.69, 9.17) is 16.3 Å². The largest absolute Gasteiger partial charge is 0.491 e. The molecule has 2 heterocycles. The maximum absolute atomic E-state index is 12.7. The number of likely N-dealkylation sites (tertiary alicyclic amines) is 1. The van der Waals surface area contributed by atoms with Crippen molar-refractivity contribution in [3.05, 3.63) is 28.8 Å². The molecule has 3 amide bonds. The van der Waals surface area contributed by atoms with E-state index in [1.165, 1.54) is 0 Å². The minimum atomic E-state index is -0.119. The summed E-state index contributed by atoms with van der Waals surface area (Å²) < 4.78 is 5.84. The van der Waals surface area contributed by atoms with E-state index in [1.54, 1.807) is 39.9 Å². The van der Waals surface area contributed by atoms with Crippen LogP contribution in [-0.4, -0.2) is 78.8 Å². The Morgan fingerprint density at radius 1 is 1.10 bits per heavy atom. The first-order chi connectivity index (χ1) is 14.0. The first kappa shape index (κ1) is 21.4. The molecule has 0 N–H and O–H groups in total. The molecule has 0 atom stereocenters. The van der Waals surface area contributed by atoms with Crippen molar-refractivity contribution in [2.24, 2.45) is 0 Å². The average molecular weight is 422 g/mol. The maximum Gasteiger partial charge on any atom is 0.257 e. The molecular formula is C21H28ClN3O4. The Morgan fingerprint density at radius 3 is 2.66 bits per heavy atom. The second-order valence-electron chi connectivity index (χ2n) is 7.54. The lowest BCUT2D eigenvalue weighted by atomic mass is 10.1. The lowest BCUT2D eigenvalue weighted by molar-refractivity contribution is -0.133. The molecular weight excluding hydrogens is 394 g/mol. The number of nitrogens with zero attached hydrogens (tertiary/aromatic N) is 3. The molecule has 2 aliphatic rings. The van der Waals surface area contributed by atoms with Crippen molar-refractivity contribution in [3.8, 4) is 5.75 Å². The second kappa shape index (κ2) is 9.96. The Hall–Kier alpha value is -2.28. The van der Waals surface area contributed by atoms with E-state index >= 15 is 0 Å². The van der Waals surface area contributed by atoms with Gasteiger partial charge in [0.15, 0.2) is 0 Å². The molecule has 0 unspecified atom stereocenters. The fourth-order valence-electron chi connectivity index (χ4n) is 3.71. The van der Waals surface area contributed by atoms with E-state index in [9.17, 15) is 14.4 Å². The molecule has 2 aliphatic heterocycles. The molecule has 3 rings (SSSR count). The number of carbonyl (C=O) groups is 3. The van der Waals surface area contributed by atoms with Gasteiger partial charge in [0.2, 0.25) is 11.8 Å². The van der Waals surface area contributed by atoms with Crippen LogP contribution in [0.5, 0.6) is 5.75 Å². The molecule has 7 nitrogen and oxygen atoms in total. The number of hydrogen-bond acceptors (Lipinski definition) is 4. The summed E-state index contributed by atoms with van der Waals surface area (Å²) in [6.45, 7) is 3.17. The molecule has 1 aromatic rings. The summed E-state index contributed by atoms with van der Waals surface area (Å²) in [5.74, 6) is 0.525. The van der Waals surface area contributed by atoms with Crippen molar-refractivity contribution in [1.82, 2.24) is 14.7 Å². The molecule has 0 spiro atoms. The molecule has 0 saturated carbocycles. The number of ether oxygens (including phenoxy) is 1. The van der Waals surface area contributed by atoms with E-state index < -0.39 is 0 Å². The monoisotopic (exact) mass is 421 g/mol. The zero-order chi connectivity index (χ0) is 20.8. The molecule has 1 aromatic carbocycles. The van der Waals surface area contributed by atoms with Gasteiger partial charge >= 0.3 is 0 Å². The van der Waals surface area contributed by atoms with Crippen LogP contribution >= 0.6 is 11.6 Å². The van der Waals surface area contributed by atoms with Crippen molar-refractivity contribution in [2.45, 2.75) is 32.1 Å². The van der Waals surface area contributed by atoms with Crippen LogP contribution in [0, 0.1) is 0 Å². The van der Waals surface area contributed by atoms with Gasteiger partial charge in [-0.1, -0.05) is 11.6 Å². The highest BCUT2D eigenvalue weighted by molar-refractivity contribution is 6.31. The van der Waals surface area contributed by atoms with Crippen molar-refractivity contribution in [1.29, 1.82) is 0 Å². The van der Waals surface area contributed by atoms with Gasteiger partial charge in [-0.25, -0.2) is 0 Å². The van der Waals surface area contributed by atoms with Crippen LogP contribution in [0.15, 0.2) is 18.2 Å². The minimum Gasteiger partial charge on any atom is -0.491 e. The van der Waals surface area contributed by atoms with Crippen LogP contribution < -0.4 is 4.74 Å². The molecule has 8 heteroatoms. The third-order valence-corrected chi connectivity index (χ3v) is 5.66. The summed E-state index contributed by atoms with van der Waals surface area (Å²) in [5.41, 5.74) is 0.436. The SMILES string of the molecule is CN1CCCCN(C(=O)CCN2CCCC2=O)CCOc2ccc(Cl)cc2C1=O. The van der Waals surface area contributed by atoms with Gasteiger partial charge in [-0.15, -0.1) is 0 Å². The fraction of sp³-hybridized carbons (Fsp3) is 0.571. The van der Waals surface area contributed by atoms with Gasteiger partial charge in [0.25, 0.3) is 5.91 Å². The predicted molar refractivity (Wildman–Crippen MR) is 110 cm³/mol. The van der Waals surface area contributed by atoms with Gasteiger partial charge < -0.3 is 19.4 Å². The second-order valence-corrected chi connectivity index (χ2v) is 7.97. The van der Waals surface area contributed by atoms with Gasteiger partial charge in [0, 0.05) is 51.1 Å². The maximum atomic E-state index is 12.7. The van der Waals surface area contributed by atoms with Crippen LogP contribution in [0.1, 0.15) is 42.5 Å². The molecule has 29 heavy (non-hydrogen) atoms. The standard InChI is InChI=1S/C21H28ClN3O4/c1-23-9-2-3-10-25(20(27)8-12-24-11-4-5-19(24)26)13-14-29-18-7-6-16(22)15-17(18)21(23)28/h6-7,15H,2-5,8-14H2,1H3. The number of hydrogen-bond donors (Lipinski definition) is 0. The fourth-order valence-corrected chi connectivity index (χ4v) is 3.88. The van der Waals surface area contributed by atoms with E-state index in [1.807, 2.05) is 0 Å². The lowest BCUT2D eigenvalue weighted by Crippen LogP contribution is -2.39. The number of amides is 3. The smallest absolute Gasteiger partial charge is 0.257 e. The number of halogens is 1. The number of benzene rings is 1. The Bertz CT molecular complexity index is 770. The van der Waals surface area contributed by atoms with Gasteiger partial charge in [-0.2, -0.15) is 0 Å². The van der Waals surface area contributed by atoms with E-state index in [2.05, 4.69) is 0 Å². The minimum absolute atomic E-state index is 0.0334. The zero-order valence-electron chi connectivity index (χ0n) is 16.9. The predicted octanol–water partition coefficient (Wildman–Crippen LogP) is 2.43. The van der Waals surface area contributed by atoms with Gasteiger partial charge in [0.05, 0.1) is 12.1 Å². The number of fused-ring (bicyclic) bond motifs is 1. The lowest BCUT2D eigenvalue weighted by Gasteiger charge is -2.26. The quantitative estimate of drug-likeness (QED) is 0.751. The third-order valence-electron chi connectivity index (χ3n) is 5.43. The van der Waals surface area contributed by atoms with Crippen LogP contribution in [0.2, 0.25) is 5.02 Å². The van der Waals surface area contributed by atoms with E-state index in [-0.39, 0.29) is 17.7 Å². The van der Waals surface area contributed by atoms with Crippen molar-refractivity contribution < 1.29 is 19.1 Å². The summed E-state index contributed by atoms with van der Waals surface area (Å²) in [6.07, 6.45) is 3.39. The van der Waals surface area contributed by atoms with Gasteiger partial charge in [0.1, 0.15) is 12.4 Å². The number of carbonyl (C=O) groups excluding carboxylic acids is 3. The normalized spacial score (nSPS) is 18.8. The van der Waals surface area contributed by atoms with Crippen LogP contribution in [0.3, 0.4) is 0 Å². The average Bonchev–Trinajstić information content (AvgIpc) is 3.12. The Balaban J connectivity index is 1.65. The van der Waals surface area contributed by atoms with Crippen LogP contribution in [-0.2, 0) is 9.59 Å². The molecule has 1 saturated heterocycles. The van der Waals surface area contributed by atoms with E-state index in [0.29, 0.717) is 62.0 Å². The van der Waals surface area contributed by atoms with E-state index in [0.717, 1.165) is 25.8 Å². The van der Waals surface area contributed by atoms with Gasteiger partial charge in [-0.3, -0.25) is 14.4 Å². The summed E-state index contributed by atoms with van der Waals surface area (Å²) >= 11 is 6.07. The van der Waals surface area contributed by atoms with Crippen molar-refractivity contribution in [2.75, 3.05) is 46.4 Å². The van der Waals surface area contributed by atoms with Crippen LogP contribution in [0.4, 0.5) is 0 Å². The summed E-state index contributed by atoms with van der Waals surface area (Å²) in [5, 5.41) is 0.481. The van der Waals surface area contributed by atoms with Crippen LogP contribution in [0.25, 0.3) is 0 Å². The highest BCUT2D eigenvalue weighted by Gasteiger charge is 2.23. The first-order valence-corrected chi connectivity index (χ1v) is 10.6. The molecule has 0 aliphatic carbocycles. The molecule has 0 aromatic heterocycles. The third kappa shape index (κ3) is 5.63. The number of rotatable bonds is 3. The highest BCUT2D eigenvalue weighted by atomic mass is 35.5. The highest BCUT2D eigenvalue weighted by Crippen LogP contribution is 2.25. The molecule has 0 radical (unpaired) electrons. The zero-order valence-corrected chi connectivity index (χ0v) is 17.6. The summed E-state index contributed by atoms with van der Waals surface area (Å²) in [7, 11) is 1.76. The Labute approximate surface area is 176 Å². The molecule has 0 bridgehead atoms. The Kier molecular flexibility index (Phi) is 7.36. The Morgan fingerprint density at radius 2 is 1.90 bits per heavy atom. The van der Waals surface area contributed by atoms with Gasteiger partial charge in [-0.05, 0) is 37.5 Å². The summed E-state index contributed by atoms with van der Waals surface area (Å²) in [4.78, 5) is 42.4. The molecule has 1 fully saturated rings. The van der Waals surface area contributed by atoms with Crippen molar-refractivity contribution >= 4 is 29.3 Å². The summed E-state index contributed by atoms with van der Waals surface area (Å²) in [6, 6.07) is 5.01. The topological polar surface area (TPSA) is 70.2 Å². The van der Waals surface area contributed by atoms with Crippen molar-refractivity contribution in [3.63, 3.8) is 0 Å². The first-order valence-electron chi connectivity index (χ1n) is 10.2.